The van der Waals surface area contributed by atoms with Crippen LogP contribution in [0.15, 0.2) is 0 Å². The van der Waals surface area contributed by atoms with Crippen LogP contribution in [0, 0.1) is 5.41 Å². The van der Waals surface area contributed by atoms with Crippen molar-refractivity contribution in [1.82, 2.24) is 10.2 Å². The summed E-state index contributed by atoms with van der Waals surface area (Å²) in [5.74, 6) is 0.269. The number of carbonyl (C=O) groups excluding carboxylic acids is 1. The van der Waals surface area contributed by atoms with E-state index in [-0.39, 0.29) is 5.91 Å². The zero-order chi connectivity index (χ0) is 13.7. The molecule has 1 aliphatic carbocycles. The molecular weight excluding hydrogens is 240 g/mol. The van der Waals surface area contributed by atoms with E-state index in [9.17, 15) is 4.79 Å². The van der Waals surface area contributed by atoms with Crippen LogP contribution in [0.2, 0.25) is 0 Å². The van der Waals surface area contributed by atoms with E-state index in [4.69, 9.17) is 4.74 Å². The molecule has 1 aliphatic heterocycles. The zero-order valence-electron chi connectivity index (χ0n) is 12.4. The highest BCUT2D eigenvalue weighted by molar-refractivity contribution is 5.76. The number of amides is 1. The van der Waals surface area contributed by atoms with E-state index in [2.05, 4.69) is 19.2 Å². The predicted molar refractivity (Wildman–Crippen MR) is 76.1 cm³/mol. The van der Waals surface area contributed by atoms with E-state index in [1.165, 1.54) is 25.7 Å². The lowest BCUT2D eigenvalue weighted by molar-refractivity contribution is -0.135. The first kappa shape index (κ1) is 14.8. The second kappa shape index (κ2) is 6.71. The van der Waals surface area contributed by atoms with Crippen molar-refractivity contribution in [3.8, 4) is 0 Å². The fourth-order valence-electron chi connectivity index (χ4n) is 3.23. The summed E-state index contributed by atoms with van der Waals surface area (Å²) in [6.07, 6.45) is 5.75. The summed E-state index contributed by atoms with van der Waals surface area (Å²) in [4.78, 5) is 13.9. The van der Waals surface area contributed by atoms with E-state index in [0.29, 0.717) is 31.1 Å². The topological polar surface area (TPSA) is 41.6 Å². The number of hydrogen-bond acceptors (Lipinski definition) is 3. The first-order valence-electron chi connectivity index (χ1n) is 7.66. The average molecular weight is 268 g/mol. The molecule has 2 rings (SSSR count). The molecule has 0 aromatic carbocycles. The van der Waals surface area contributed by atoms with Gasteiger partial charge in [0.1, 0.15) is 0 Å². The van der Waals surface area contributed by atoms with E-state index in [0.717, 1.165) is 19.6 Å². The van der Waals surface area contributed by atoms with Crippen LogP contribution in [0.1, 0.15) is 46.0 Å². The number of morpholine rings is 1. The molecule has 1 N–H and O–H groups in total. The van der Waals surface area contributed by atoms with Gasteiger partial charge in [-0.3, -0.25) is 4.79 Å². The van der Waals surface area contributed by atoms with Gasteiger partial charge >= 0.3 is 0 Å². The van der Waals surface area contributed by atoms with Gasteiger partial charge in [-0.2, -0.15) is 0 Å². The molecule has 1 heterocycles. The first-order chi connectivity index (χ1) is 9.07. The van der Waals surface area contributed by atoms with Crippen molar-refractivity contribution < 1.29 is 9.53 Å². The SMILES string of the molecule is CC1(C)CCCC(NCCC(=O)N2CCOCC2)C1. The molecular formula is C15H28N2O2. The highest BCUT2D eigenvalue weighted by atomic mass is 16.5. The Kier molecular flexibility index (Phi) is 5.22. The second-order valence-corrected chi connectivity index (χ2v) is 6.65. The maximum Gasteiger partial charge on any atom is 0.224 e. The molecule has 1 saturated carbocycles. The van der Waals surface area contributed by atoms with Gasteiger partial charge in [-0.1, -0.05) is 20.3 Å². The average Bonchev–Trinajstić information content (AvgIpc) is 2.38. The quantitative estimate of drug-likeness (QED) is 0.845. The molecule has 0 aromatic rings. The summed E-state index contributed by atoms with van der Waals surface area (Å²) in [7, 11) is 0. The minimum atomic E-state index is 0.269. The largest absolute Gasteiger partial charge is 0.378 e. The lowest BCUT2D eigenvalue weighted by atomic mass is 9.75. The van der Waals surface area contributed by atoms with Gasteiger partial charge < -0.3 is 15.0 Å². The van der Waals surface area contributed by atoms with Gasteiger partial charge in [0.05, 0.1) is 13.2 Å². The maximum absolute atomic E-state index is 12.0. The summed E-state index contributed by atoms with van der Waals surface area (Å²) in [6.45, 7) is 8.41. The van der Waals surface area contributed by atoms with E-state index < -0.39 is 0 Å². The lowest BCUT2D eigenvalue weighted by Crippen LogP contribution is -2.43. The van der Waals surface area contributed by atoms with Gasteiger partial charge in [-0.15, -0.1) is 0 Å². The molecule has 19 heavy (non-hydrogen) atoms. The Morgan fingerprint density at radius 2 is 2.11 bits per heavy atom. The predicted octanol–water partition coefficient (Wildman–Crippen LogP) is 1.79. The van der Waals surface area contributed by atoms with Crippen LogP contribution in [0.25, 0.3) is 0 Å². The number of ether oxygens (including phenoxy) is 1. The van der Waals surface area contributed by atoms with Gasteiger partial charge in [-0.25, -0.2) is 0 Å². The molecule has 2 fully saturated rings. The zero-order valence-corrected chi connectivity index (χ0v) is 12.4. The highest BCUT2D eigenvalue weighted by Gasteiger charge is 2.27. The minimum absolute atomic E-state index is 0.269. The summed E-state index contributed by atoms with van der Waals surface area (Å²) < 4.78 is 5.26. The van der Waals surface area contributed by atoms with Crippen molar-refractivity contribution >= 4 is 5.91 Å². The molecule has 4 heteroatoms. The number of hydrogen-bond donors (Lipinski definition) is 1. The standard InChI is InChI=1S/C15H28N2O2/c1-15(2)6-3-4-13(12-15)16-7-5-14(18)17-8-10-19-11-9-17/h13,16H,3-12H2,1-2H3. The van der Waals surface area contributed by atoms with Gasteiger partial charge in [-0.05, 0) is 24.7 Å². The molecule has 4 nitrogen and oxygen atoms in total. The van der Waals surface area contributed by atoms with Crippen molar-refractivity contribution in [1.29, 1.82) is 0 Å². The van der Waals surface area contributed by atoms with Crippen LogP contribution >= 0.6 is 0 Å². The normalized spacial score (nSPS) is 27.3. The minimum Gasteiger partial charge on any atom is -0.378 e. The highest BCUT2D eigenvalue weighted by Crippen LogP contribution is 2.34. The number of carbonyl (C=O) groups is 1. The van der Waals surface area contributed by atoms with E-state index in [1.54, 1.807) is 0 Å². The van der Waals surface area contributed by atoms with Crippen LogP contribution in [0.5, 0.6) is 0 Å². The third kappa shape index (κ3) is 4.77. The molecule has 0 radical (unpaired) electrons. The van der Waals surface area contributed by atoms with Crippen LogP contribution < -0.4 is 5.32 Å². The summed E-state index contributed by atoms with van der Waals surface area (Å²) in [5.41, 5.74) is 0.462. The monoisotopic (exact) mass is 268 g/mol. The molecule has 1 atom stereocenters. The fraction of sp³-hybridized carbons (Fsp3) is 0.933. The van der Waals surface area contributed by atoms with Crippen molar-refractivity contribution in [2.75, 3.05) is 32.8 Å². The van der Waals surface area contributed by atoms with Gasteiger partial charge in [0.25, 0.3) is 0 Å². The van der Waals surface area contributed by atoms with Crippen molar-refractivity contribution in [3.63, 3.8) is 0 Å². The van der Waals surface area contributed by atoms with E-state index in [1.807, 2.05) is 4.90 Å². The number of nitrogens with zero attached hydrogens (tertiary/aromatic N) is 1. The maximum atomic E-state index is 12.0. The summed E-state index contributed by atoms with van der Waals surface area (Å²) >= 11 is 0. The molecule has 0 spiro atoms. The molecule has 0 bridgehead atoms. The van der Waals surface area contributed by atoms with Crippen LogP contribution in [0.4, 0.5) is 0 Å². The molecule has 1 unspecified atom stereocenters. The first-order valence-corrected chi connectivity index (χ1v) is 7.66. The smallest absolute Gasteiger partial charge is 0.224 e. The second-order valence-electron chi connectivity index (χ2n) is 6.65. The summed E-state index contributed by atoms with van der Waals surface area (Å²) in [6, 6.07) is 0.598. The Balaban J connectivity index is 1.64. The van der Waals surface area contributed by atoms with Gasteiger partial charge in [0, 0.05) is 32.1 Å². The van der Waals surface area contributed by atoms with E-state index >= 15 is 0 Å². The fourth-order valence-corrected chi connectivity index (χ4v) is 3.23. The van der Waals surface area contributed by atoms with Gasteiger partial charge in [0.15, 0.2) is 0 Å². The Hall–Kier alpha value is -0.610. The van der Waals surface area contributed by atoms with Crippen molar-refractivity contribution in [3.05, 3.63) is 0 Å². The Bertz CT molecular complexity index is 299. The van der Waals surface area contributed by atoms with Crippen molar-refractivity contribution in [2.24, 2.45) is 5.41 Å². The van der Waals surface area contributed by atoms with Crippen LogP contribution in [-0.4, -0.2) is 49.7 Å². The molecule has 0 aromatic heterocycles. The Morgan fingerprint density at radius 1 is 1.37 bits per heavy atom. The summed E-state index contributed by atoms with van der Waals surface area (Å²) in [5, 5.41) is 3.57. The number of rotatable bonds is 4. The lowest BCUT2D eigenvalue weighted by Gasteiger charge is -2.35. The van der Waals surface area contributed by atoms with Crippen LogP contribution in [-0.2, 0) is 9.53 Å². The Labute approximate surface area is 116 Å². The number of nitrogens with one attached hydrogen (secondary N) is 1. The molecule has 1 saturated heterocycles. The molecule has 2 aliphatic rings. The Morgan fingerprint density at radius 3 is 2.79 bits per heavy atom. The van der Waals surface area contributed by atoms with Crippen molar-refractivity contribution in [2.45, 2.75) is 52.0 Å². The molecule has 1 amide bonds. The third-order valence-corrected chi connectivity index (χ3v) is 4.34. The van der Waals surface area contributed by atoms with Gasteiger partial charge in [0.2, 0.25) is 5.91 Å². The van der Waals surface area contributed by atoms with Crippen LogP contribution in [0.3, 0.4) is 0 Å². The third-order valence-electron chi connectivity index (χ3n) is 4.34. The molecule has 110 valence electrons.